The van der Waals surface area contributed by atoms with Gasteiger partial charge in [0.05, 0.1) is 140 Å². The lowest BCUT2D eigenvalue weighted by Gasteiger charge is -2.23. The lowest BCUT2D eigenvalue weighted by molar-refractivity contribution is -0.385. The third kappa shape index (κ3) is 24.0. The molecule has 0 fully saturated rings. The van der Waals surface area contributed by atoms with E-state index in [1.165, 1.54) is 25.3 Å². The number of ether oxygens (including phenoxy) is 10. The molecule has 68 heavy (non-hydrogen) atoms. The van der Waals surface area contributed by atoms with Crippen molar-refractivity contribution in [1.82, 2.24) is 4.72 Å². The smallest absolute Gasteiger partial charge is 0.276 e. The van der Waals surface area contributed by atoms with Crippen molar-refractivity contribution in [3.8, 4) is 11.5 Å². The molecule has 0 radical (unpaired) electrons. The zero-order valence-corrected chi connectivity index (χ0v) is 41.4. The van der Waals surface area contributed by atoms with E-state index in [-0.39, 0.29) is 54.7 Å². The summed E-state index contributed by atoms with van der Waals surface area (Å²) in [5, 5.41) is 20.2. The third-order valence-electron chi connectivity index (χ3n) is 9.45. The molecule has 21 heteroatoms. The van der Waals surface area contributed by atoms with Crippen LogP contribution in [0.3, 0.4) is 0 Å². The Morgan fingerprint density at radius 2 is 1.10 bits per heavy atom. The van der Waals surface area contributed by atoms with Crippen LogP contribution in [-0.4, -0.2) is 158 Å². The largest absolute Gasteiger partial charge is 0.493 e. The number of benzene rings is 3. The number of Topliss-reactive ketones (excluding diaryl/α,β-unsaturated/α-hetero) is 1. The molecule has 0 aliphatic rings. The molecule has 20 nitrogen and oxygen atoms in total. The second-order valence-corrected chi connectivity index (χ2v) is 18.1. The Balaban J connectivity index is 1.05. The van der Waals surface area contributed by atoms with Crippen LogP contribution < -0.4 is 19.1 Å². The lowest BCUT2D eigenvalue weighted by atomic mass is 9.93. The van der Waals surface area contributed by atoms with Crippen molar-refractivity contribution in [1.29, 1.82) is 0 Å². The molecule has 0 aromatic heterocycles. The average molecular weight is 978 g/mol. The van der Waals surface area contributed by atoms with Crippen LogP contribution in [0.2, 0.25) is 0 Å². The Labute approximate surface area is 401 Å². The minimum Gasteiger partial charge on any atom is -0.493 e. The first kappa shape index (κ1) is 57.6. The van der Waals surface area contributed by atoms with Crippen LogP contribution in [0.5, 0.6) is 11.5 Å². The van der Waals surface area contributed by atoms with Gasteiger partial charge in [0.25, 0.3) is 5.69 Å². The highest BCUT2D eigenvalue weighted by Crippen LogP contribution is 2.40. The molecule has 3 rings (SSSR count). The molecule has 0 saturated carbocycles. The number of carbonyl (C=O) groups excluding carboxylic acids is 1. The Bertz CT molecular complexity index is 2030. The monoisotopic (exact) mass is 977 g/mol. The zero-order valence-electron chi connectivity index (χ0n) is 40.6. The molecule has 1 unspecified atom stereocenters. The molecule has 380 valence electrons. The number of ketones is 1. The number of methoxy groups -OCH3 is 1. The van der Waals surface area contributed by atoms with Gasteiger partial charge in [0.2, 0.25) is 10.0 Å². The second kappa shape index (κ2) is 32.2. The molecule has 0 aliphatic heterocycles. The van der Waals surface area contributed by atoms with E-state index in [1.54, 1.807) is 25.1 Å². The van der Waals surface area contributed by atoms with E-state index >= 15 is 0 Å². The quantitative estimate of drug-likeness (QED) is 0.0269. The summed E-state index contributed by atoms with van der Waals surface area (Å²) >= 11 is 0. The molecule has 1 N–H and O–H groups in total. The molecule has 0 bridgehead atoms. The van der Waals surface area contributed by atoms with Crippen molar-refractivity contribution < 1.29 is 65.5 Å². The molecule has 0 saturated heterocycles. The number of azo groups is 1. The fraction of sp³-hybridized carbons (Fsp3) is 0.596. The normalized spacial score (nSPS) is 12.4. The van der Waals surface area contributed by atoms with Crippen LogP contribution in [0, 0.1) is 10.1 Å². The molecule has 0 heterocycles. The Hall–Kier alpha value is -4.68. The SMILES string of the molecule is COc1cc(C(C)CC(=O)CCOCCOCCOCCOCCOCCOCCOCCOCCNS(=O)(=O)c2ccc(N=Nc3ccc(N(C)C)cc3)cc2)c([N+](=O)[O-])cc1OC(C)(C)C. The topological polar surface area (TPSA) is 227 Å². The maximum absolute atomic E-state index is 12.6. The third-order valence-corrected chi connectivity index (χ3v) is 10.9. The molecule has 0 amide bonds. The molecule has 3 aromatic carbocycles. The Kier molecular flexibility index (Phi) is 27.3. The molecule has 0 aliphatic carbocycles. The second-order valence-electron chi connectivity index (χ2n) is 16.3. The standard InChI is InChI=1S/C47H71N5O15S/c1-37(43-35-45(58-7)46(67-47(2,3)4)36-44(43)52(54)55)34-41(53)16-18-59-20-22-61-24-26-63-28-30-65-32-33-66-31-29-64-27-25-62-23-21-60-19-17-48-68(56,57)42-14-10-39(11-15-42)50-49-38-8-12-40(13-9-38)51(5)6/h8-15,35-37,48H,16-34H2,1-7H3. The summed E-state index contributed by atoms with van der Waals surface area (Å²) in [6, 6.07) is 16.7. The first-order valence-electron chi connectivity index (χ1n) is 22.6. The van der Waals surface area contributed by atoms with Crippen molar-refractivity contribution in [2.75, 3.05) is 138 Å². The summed E-state index contributed by atoms with van der Waals surface area (Å²) in [7, 11) is 1.69. The highest BCUT2D eigenvalue weighted by Gasteiger charge is 2.27. The lowest BCUT2D eigenvalue weighted by Crippen LogP contribution is -2.27. The van der Waals surface area contributed by atoms with Crippen molar-refractivity contribution in [2.24, 2.45) is 10.2 Å². The molecule has 0 spiro atoms. The van der Waals surface area contributed by atoms with Crippen molar-refractivity contribution in [3.63, 3.8) is 0 Å². The predicted octanol–water partition coefficient (Wildman–Crippen LogP) is 6.83. The number of hydrogen-bond acceptors (Lipinski definition) is 18. The first-order valence-corrected chi connectivity index (χ1v) is 24.1. The fourth-order valence-corrected chi connectivity index (χ4v) is 7.04. The zero-order chi connectivity index (χ0) is 49.6. The summed E-state index contributed by atoms with van der Waals surface area (Å²) in [5.41, 5.74) is 1.99. The van der Waals surface area contributed by atoms with Crippen LogP contribution in [0.1, 0.15) is 52.0 Å². The summed E-state index contributed by atoms with van der Waals surface area (Å²) in [6.07, 6.45) is 0.301. The van der Waals surface area contributed by atoms with Gasteiger partial charge in [-0.1, -0.05) is 6.92 Å². The number of nitrogens with one attached hydrogen (secondary N) is 1. The minimum atomic E-state index is -3.70. The Morgan fingerprint density at radius 3 is 1.51 bits per heavy atom. The maximum atomic E-state index is 12.6. The highest BCUT2D eigenvalue weighted by molar-refractivity contribution is 7.89. The number of anilines is 1. The Morgan fingerprint density at radius 1 is 0.676 bits per heavy atom. The fourth-order valence-electron chi connectivity index (χ4n) is 6.02. The van der Waals surface area contributed by atoms with Crippen LogP contribution in [0.15, 0.2) is 75.8 Å². The number of nitro groups is 1. The maximum Gasteiger partial charge on any atom is 0.276 e. The van der Waals surface area contributed by atoms with Crippen LogP contribution in [-0.2, 0) is 52.7 Å². The van der Waals surface area contributed by atoms with Crippen molar-refractivity contribution in [3.05, 3.63) is 76.3 Å². The average Bonchev–Trinajstić information content (AvgIpc) is 3.30. The van der Waals surface area contributed by atoms with Crippen molar-refractivity contribution in [2.45, 2.75) is 57.0 Å². The van der Waals surface area contributed by atoms with Gasteiger partial charge in [-0.25, -0.2) is 13.1 Å². The van der Waals surface area contributed by atoms with Gasteiger partial charge in [-0.3, -0.25) is 14.9 Å². The van der Waals surface area contributed by atoms with Gasteiger partial charge in [-0.2, -0.15) is 10.2 Å². The number of hydrogen-bond donors (Lipinski definition) is 1. The summed E-state index contributed by atoms with van der Waals surface area (Å²) in [4.78, 5) is 26.1. The number of nitro benzene ring substituents is 1. The number of carbonyl (C=O) groups is 1. The first-order chi connectivity index (χ1) is 32.6. The van der Waals surface area contributed by atoms with E-state index in [0.717, 1.165) is 5.69 Å². The summed E-state index contributed by atoms with van der Waals surface area (Å²) < 4.78 is 83.1. The van der Waals surface area contributed by atoms with E-state index in [9.17, 15) is 23.3 Å². The highest BCUT2D eigenvalue weighted by atomic mass is 32.2. The van der Waals surface area contributed by atoms with Gasteiger partial charge in [0.1, 0.15) is 11.4 Å². The number of rotatable bonds is 38. The van der Waals surface area contributed by atoms with Crippen molar-refractivity contribution >= 4 is 38.6 Å². The molecular weight excluding hydrogens is 907 g/mol. The minimum absolute atomic E-state index is 0.0685. The van der Waals surface area contributed by atoms with Gasteiger partial charge >= 0.3 is 0 Å². The number of sulfonamides is 1. The summed E-state index contributed by atoms with van der Waals surface area (Å²) in [6.45, 7) is 13.2. The van der Waals surface area contributed by atoms with E-state index in [4.69, 9.17) is 47.4 Å². The van der Waals surface area contributed by atoms with E-state index in [2.05, 4.69) is 15.0 Å². The van der Waals surface area contributed by atoms with Crippen LogP contribution in [0.4, 0.5) is 22.7 Å². The van der Waals surface area contributed by atoms with E-state index in [1.807, 2.05) is 64.0 Å². The van der Waals surface area contributed by atoms with E-state index < -0.39 is 26.5 Å². The van der Waals surface area contributed by atoms with E-state index in [0.29, 0.717) is 115 Å². The predicted molar refractivity (Wildman–Crippen MR) is 256 cm³/mol. The number of nitrogens with zero attached hydrogens (tertiary/aromatic N) is 4. The molecule has 1 atom stereocenters. The van der Waals surface area contributed by atoms with Gasteiger partial charge in [-0.05, 0) is 81.3 Å². The van der Waals surface area contributed by atoms with Gasteiger partial charge in [0.15, 0.2) is 11.5 Å². The van der Waals surface area contributed by atoms with Crippen LogP contribution in [0.25, 0.3) is 0 Å². The molecular formula is C47H71N5O15S. The van der Waals surface area contributed by atoms with Gasteiger partial charge in [0, 0.05) is 44.7 Å². The molecule has 3 aromatic rings. The van der Waals surface area contributed by atoms with Crippen LogP contribution >= 0.6 is 0 Å². The van der Waals surface area contributed by atoms with Gasteiger partial charge < -0.3 is 52.3 Å². The summed E-state index contributed by atoms with van der Waals surface area (Å²) in [5.74, 6) is 0.166. The van der Waals surface area contributed by atoms with Gasteiger partial charge in [-0.15, -0.1) is 0 Å².